The van der Waals surface area contributed by atoms with Crippen LogP contribution in [-0.2, 0) is 10.8 Å². The molecular weight excluding hydrogens is 428 g/mol. The van der Waals surface area contributed by atoms with E-state index >= 15 is 0 Å². The number of aromatic hydroxyl groups is 1. The van der Waals surface area contributed by atoms with Gasteiger partial charge in [-0.3, -0.25) is 9.59 Å². The van der Waals surface area contributed by atoms with Crippen LogP contribution >= 0.6 is 15.9 Å². The van der Waals surface area contributed by atoms with Crippen LogP contribution in [0.5, 0.6) is 5.75 Å². The van der Waals surface area contributed by atoms with E-state index in [1.54, 1.807) is 12.1 Å². The summed E-state index contributed by atoms with van der Waals surface area (Å²) in [6, 6.07) is 9.00. The van der Waals surface area contributed by atoms with Crippen molar-refractivity contribution in [3.05, 3.63) is 68.2 Å². The van der Waals surface area contributed by atoms with E-state index in [0.717, 1.165) is 16.7 Å². The lowest BCUT2D eigenvalue weighted by atomic mass is 9.76. The van der Waals surface area contributed by atoms with Crippen molar-refractivity contribution in [3.8, 4) is 5.75 Å². The average Bonchev–Trinajstić information content (AvgIpc) is 2.59. The molecule has 1 N–H and O–H groups in total. The number of carbonyl (C=O) groups excluding carboxylic acids is 2. The predicted molar refractivity (Wildman–Crippen MR) is 121 cm³/mol. The SMILES string of the molecule is Cc1ccc2c(c1)C(=O)C(Br)=C(c1cc(C(C)(C)C)c(O)c(C(C)(C)C)c1)C2=O. The van der Waals surface area contributed by atoms with Gasteiger partial charge >= 0.3 is 0 Å². The number of allylic oxidation sites excluding steroid dienone is 2. The number of hydrogen-bond acceptors (Lipinski definition) is 3. The summed E-state index contributed by atoms with van der Waals surface area (Å²) in [5.74, 6) is -0.131. The highest BCUT2D eigenvalue weighted by Gasteiger charge is 2.34. The Morgan fingerprint density at radius 2 is 1.31 bits per heavy atom. The van der Waals surface area contributed by atoms with Crippen LogP contribution in [0.15, 0.2) is 34.8 Å². The van der Waals surface area contributed by atoms with E-state index in [0.29, 0.717) is 22.3 Å². The van der Waals surface area contributed by atoms with Crippen molar-refractivity contribution in [2.75, 3.05) is 0 Å². The number of fused-ring (bicyclic) bond motifs is 1. The van der Waals surface area contributed by atoms with Gasteiger partial charge in [-0.15, -0.1) is 0 Å². The number of hydrogen-bond donors (Lipinski definition) is 1. The molecule has 0 bridgehead atoms. The number of Topliss-reactive ketones (excluding diaryl/α,β-unsaturated/α-hetero) is 2. The van der Waals surface area contributed by atoms with Crippen LogP contribution in [0, 0.1) is 6.92 Å². The van der Waals surface area contributed by atoms with E-state index in [1.807, 2.05) is 66.7 Å². The first-order valence-corrected chi connectivity index (χ1v) is 10.5. The zero-order valence-corrected chi connectivity index (χ0v) is 19.6. The fourth-order valence-electron chi connectivity index (χ4n) is 3.69. The molecule has 0 aromatic heterocycles. The Hall–Kier alpha value is -2.20. The smallest absolute Gasteiger partial charge is 0.201 e. The molecule has 0 saturated heterocycles. The summed E-state index contributed by atoms with van der Waals surface area (Å²) in [4.78, 5) is 26.4. The minimum Gasteiger partial charge on any atom is -0.507 e. The van der Waals surface area contributed by atoms with Crippen molar-refractivity contribution in [3.63, 3.8) is 0 Å². The second kappa shape index (κ2) is 6.94. The molecule has 0 unspecified atom stereocenters. The van der Waals surface area contributed by atoms with Crippen molar-refractivity contribution < 1.29 is 14.7 Å². The van der Waals surface area contributed by atoms with E-state index in [2.05, 4.69) is 15.9 Å². The standard InChI is InChI=1S/C25H27BrO3/c1-13-8-9-15-16(10-13)22(28)20(26)19(21(15)27)14-11-17(24(2,3)4)23(29)18(12-14)25(5,6)7/h8-12,29H,1-7H3. The molecule has 152 valence electrons. The highest BCUT2D eigenvalue weighted by Crippen LogP contribution is 2.43. The Bertz CT molecular complexity index is 1040. The third-order valence-electron chi connectivity index (χ3n) is 5.32. The van der Waals surface area contributed by atoms with Crippen molar-refractivity contribution in [2.45, 2.75) is 59.3 Å². The molecule has 0 aliphatic heterocycles. The van der Waals surface area contributed by atoms with E-state index in [1.165, 1.54) is 0 Å². The van der Waals surface area contributed by atoms with E-state index in [9.17, 15) is 14.7 Å². The van der Waals surface area contributed by atoms with E-state index < -0.39 is 0 Å². The summed E-state index contributed by atoms with van der Waals surface area (Å²) in [5.41, 5.74) is 3.62. The largest absolute Gasteiger partial charge is 0.507 e. The Kier molecular flexibility index (Phi) is 5.15. The van der Waals surface area contributed by atoms with E-state index in [4.69, 9.17) is 0 Å². The highest BCUT2D eigenvalue weighted by atomic mass is 79.9. The van der Waals surface area contributed by atoms with Crippen LogP contribution in [0.1, 0.15) is 84.5 Å². The molecule has 29 heavy (non-hydrogen) atoms. The Balaban J connectivity index is 2.33. The van der Waals surface area contributed by atoms with Crippen LogP contribution in [0.2, 0.25) is 0 Å². The predicted octanol–water partition coefficient (Wildman–Crippen LogP) is 6.48. The summed E-state index contributed by atoms with van der Waals surface area (Å²) < 4.78 is 0.269. The summed E-state index contributed by atoms with van der Waals surface area (Å²) in [6.45, 7) is 14.0. The molecule has 0 atom stereocenters. The monoisotopic (exact) mass is 454 g/mol. The molecule has 0 saturated carbocycles. The maximum atomic E-state index is 13.4. The first-order chi connectivity index (χ1) is 13.2. The van der Waals surface area contributed by atoms with Crippen molar-refractivity contribution in [1.82, 2.24) is 0 Å². The molecule has 0 spiro atoms. The van der Waals surface area contributed by atoms with Gasteiger partial charge in [0.25, 0.3) is 0 Å². The first kappa shape index (κ1) is 21.5. The van der Waals surface area contributed by atoms with E-state index in [-0.39, 0.29) is 32.6 Å². The number of phenols is 1. The molecule has 0 heterocycles. The molecule has 0 fully saturated rings. The molecule has 2 aromatic carbocycles. The van der Waals surface area contributed by atoms with Gasteiger partial charge in [-0.25, -0.2) is 0 Å². The fraction of sp³-hybridized carbons (Fsp3) is 0.360. The second-order valence-electron chi connectivity index (χ2n) is 9.82. The highest BCUT2D eigenvalue weighted by molar-refractivity contribution is 9.12. The van der Waals surface area contributed by atoms with Crippen LogP contribution in [0.3, 0.4) is 0 Å². The van der Waals surface area contributed by atoms with Crippen molar-refractivity contribution in [1.29, 1.82) is 0 Å². The lowest BCUT2D eigenvalue weighted by Gasteiger charge is -2.29. The Morgan fingerprint density at radius 3 is 1.79 bits per heavy atom. The number of ketones is 2. The van der Waals surface area contributed by atoms with Gasteiger partial charge in [-0.1, -0.05) is 59.2 Å². The molecule has 0 radical (unpaired) electrons. The topological polar surface area (TPSA) is 54.4 Å². The van der Waals surface area contributed by atoms with Crippen LogP contribution in [0.25, 0.3) is 5.57 Å². The number of benzene rings is 2. The normalized spacial score (nSPS) is 15.0. The maximum absolute atomic E-state index is 13.4. The molecule has 0 amide bonds. The summed E-state index contributed by atoms with van der Waals surface area (Å²) in [6.07, 6.45) is 0. The zero-order valence-electron chi connectivity index (χ0n) is 18.0. The molecular formula is C25H27BrO3. The van der Waals surface area contributed by atoms with Gasteiger partial charge in [0.05, 0.1) is 4.48 Å². The number of carbonyl (C=O) groups is 2. The minimum atomic E-state index is -0.329. The van der Waals surface area contributed by atoms with Crippen LogP contribution < -0.4 is 0 Å². The molecule has 3 nitrogen and oxygen atoms in total. The summed E-state index contributed by atoms with van der Waals surface area (Å²) in [7, 11) is 0. The third-order valence-corrected chi connectivity index (χ3v) is 6.08. The van der Waals surface area contributed by atoms with Gasteiger partial charge in [0, 0.05) is 27.8 Å². The molecule has 4 heteroatoms. The first-order valence-electron chi connectivity index (χ1n) is 9.71. The summed E-state index contributed by atoms with van der Waals surface area (Å²) >= 11 is 3.41. The number of halogens is 1. The lowest BCUT2D eigenvalue weighted by Crippen LogP contribution is -2.21. The number of phenolic OH excluding ortho intramolecular Hbond substituents is 1. The van der Waals surface area contributed by atoms with Gasteiger partial charge in [0.15, 0.2) is 5.78 Å². The molecule has 1 aliphatic rings. The van der Waals surface area contributed by atoms with Gasteiger partial charge in [-0.2, -0.15) is 0 Å². The zero-order chi connectivity index (χ0) is 21.9. The van der Waals surface area contributed by atoms with Gasteiger partial charge in [0.2, 0.25) is 5.78 Å². The fourth-order valence-corrected chi connectivity index (χ4v) is 4.31. The van der Waals surface area contributed by atoms with Gasteiger partial charge in [0.1, 0.15) is 5.75 Å². The maximum Gasteiger partial charge on any atom is 0.201 e. The minimum absolute atomic E-state index is 0.183. The Morgan fingerprint density at radius 1 is 0.793 bits per heavy atom. The number of aryl methyl sites for hydroxylation is 1. The van der Waals surface area contributed by atoms with Crippen molar-refractivity contribution >= 4 is 33.1 Å². The third kappa shape index (κ3) is 3.71. The molecule has 2 aromatic rings. The Labute approximate surface area is 181 Å². The van der Waals surface area contributed by atoms with Gasteiger partial charge < -0.3 is 5.11 Å². The van der Waals surface area contributed by atoms with Gasteiger partial charge in [-0.05, 0) is 57.4 Å². The second-order valence-corrected chi connectivity index (χ2v) is 10.6. The van der Waals surface area contributed by atoms with Crippen LogP contribution in [0.4, 0.5) is 0 Å². The lowest BCUT2D eigenvalue weighted by molar-refractivity contribution is 0.0999. The summed E-state index contributed by atoms with van der Waals surface area (Å²) in [5, 5.41) is 11.0. The van der Waals surface area contributed by atoms with Crippen LogP contribution in [-0.4, -0.2) is 16.7 Å². The number of rotatable bonds is 1. The quantitative estimate of drug-likeness (QED) is 0.536. The van der Waals surface area contributed by atoms with Crippen molar-refractivity contribution in [2.24, 2.45) is 0 Å². The molecule has 1 aliphatic carbocycles. The average molecular weight is 455 g/mol. The molecule has 3 rings (SSSR count).